The third kappa shape index (κ3) is 5.44. The van der Waals surface area contributed by atoms with Crippen LogP contribution in [0, 0.1) is 5.82 Å². The van der Waals surface area contributed by atoms with E-state index in [1.165, 1.54) is 12.1 Å². The highest BCUT2D eigenvalue weighted by Crippen LogP contribution is 2.22. The molecule has 0 spiro atoms. The molecule has 0 aliphatic heterocycles. The Morgan fingerprint density at radius 3 is 2.80 bits per heavy atom. The maximum absolute atomic E-state index is 13.2. The molecule has 0 aliphatic rings. The van der Waals surface area contributed by atoms with Crippen LogP contribution in [-0.4, -0.2) is 51.2 Å². The molecule has 1 aromatic rings. The molecule has 3 N–H and O–H groups in total. The fourth-order valence-electron chi connectivity index (χ4n) is 1.42. The van der Waals surface area contributed by atoms with Crippen molar-refractivity contribution in [1.82, 2.24) is 10.2 Å². The Kier molecular flexibility index (Phi) is 6.90. The summed E-state index contributed by atoms with van der Waals surface area (Å²) in [7, 11) is 3.92. The first-order valence-corrected chi connectivity index (χ1v) is 6.96. The summed E-state index contributed by atoms with van der Waals surface area (Å²) in [5.74, 6) is -0.875. The second kappa shape index (κ2) is 8.18. The Labute approximate surface area is 126 Å². The standard InChI is InChI=1S/C13H19BrFN3O2/c1-18(2)4-6-20-5-3-17-13(19)9-7-12(16)11(15)8-10(9)14/h7-8H,3-6,16H2,1-2H3,(H,17,19). The molecule has 20 heavy (non-hydrogen) atoms. The van der Waals surface area contributed by atoms with Crippen LogP contribution in [0.1, 0.15) is 10.4 Å². The summed E-state index contributed by atoms with van der Waals surface area (Å²) in [6.45, 7) is 2.24. The van der Waals surface area contributed by atoms with Crippen molar-refractivity contribution in [1.29, 1.82) is 0 Å². The summed E-state index contributed by atoms with van der Waals surface area (Å²) in [5, 5.41) is 2.69. The number of hydrogen-bond donors (Lipinski definition) is 2. The lowest BCUT2D eigenvalue weighted by Gasteiger charge is -2.11. The number of halogens is 2. The molecule has 1 aromatic carbocycles. The minimum absolute atomic E-state index is 0.0550. The number of carbonyl (C=O) groups is 1. The van der Waals surface area contributed by atoms with Gasteiger partial charge in [-0.1, -0.05) is 0 Å². The second-order valence-electron chi connectivity index (χ2n) is 4.53. The first-order valence-electron chi connectivity index (χ1n) is 6.17. The van der Waals surface area contributed by atoms with E-state index in [1.807, 2.05) is 19.0 Å². The number of benzene rings is 1. The zero-order valence-corrected chi connectivity index (χ0v) is 13.2. The average Bonchev–Trinajstić information content (AvgIpc) is 2.37. The SMILES string of the molecule is CN(C)CCOCCNC(=O)c1cc(N)c(F)cc1Br. The zero-order valence-electron chi connectivity index (χ0n) is 11.6. The van der Waals surface area contributed by atoms with Gasteiger partial charge in [0.2, 0.25) is 0 Å². The van der Waals surface area contributed by atoms with E-state index in [1.54, 1.807) is 0 Å². The molecule has 0 aromatic heterocycles. The predicted octanol–water partition coefficient (Wildman–Crippen LogP) is 1.48. The van der Waals surface area contributed by atoms with Gasteiger partial charge in [0.25, 0.3) is 5.91 Å². The lowest BCUT2D eigenvalue weighted by Crippen LogP contribution is -2.28. The van der Waals surface area contributed by atoms with E-state index in [-0.39, 0.29) is 11.6 Å². The highest BCUT2D eigenvalue weighted by Gasteiger charge is 2.12. The Bertz CT molecular complexity index is 469. The van der Waals surface area contributed by atoms with Gasteiger partial charge in [-0.15, -0.1) is 0 Å². The lowest BCUT2D eigenvalue weighted by atomic mass is 10.2. The molecule has 0 unspecified atom stereocenters. The molecule has 0 aliphatic carbocycles. The van der Waals surface area contributed by atoms with Crippen LogP contribution in [0.2, 0.25) is 0 Å². The molecular formula is C13H19BrFN3O2. The molecule has 0 fully saturated rings. The number of anilines is 1. The molecular weight excluding hydrogens is 329 g/mol. The van der Waals surface area contributed by atoms with Gasteiger partial charge in [-0.2, -0.15) is 0 Å². The van der Waals surface area contributed by atoms with Crippen molar-refractivity contribution < 1.29 is 13.9 Å². The minimum atomic E-state index is -0.555. The van der Waals surface area contributed by atoms with E-state index in [9.17, 15) is 9.18 Å². The van der Waals surface area contributed by atoms with E-state index < -0.39 is 5.82 Å². The summed E-state index contributed by atoms with van der Waals surface area (Å²) in [5.41, 5.74) is 5.69. The van der Waals surface area contributed by atoms with Crippen LogP contribution in [-0.2, 0) is 4.74 Å². The Morgan fingerprint density at radius 1 is 1.45 bits per heavy atom. The summed E-state index contributed by atoms with van der Waals surface area (Å²) in [6.07, 6.45) is 0. The van der Waals surface area contributed by atoms with Crippen molar-refractivity contribution in [2.45, 2.75) is 0 Å². The van der Waals surface area contributed by atoms with Gasteiger partial charge in [-0.05, 0) is 42.2 Å². The van der Waals surface area contributed by atoms with Crippen LogP contribution < -0.4 is 11.1 Å². The number of likely N-dealkylation sites (N-methyl/N-ethyl adjacent to an activating group) is 1. The van der Waals surface area contributed by atoms with Crippen LogP contribution in [0.25, 0.3) is 0 Å². The van der Waals surface area contributed by atoms with Gasteiger partial charge in [-0.3, -0.25) is 4.79 Å². The number of nitrogens with two attached hydrogens (primary N) is 1. The minimum Gasteiger partial charge on any atom is -0.396 e. The molecule has 0 heterocycles. The van der Waals surface area contributed by atoms with Crippen molar-refractivity contribution in [3.63, 3.8) is 0 Å². The van der Waals surface area contributed by atoms with Gasteiger partial charge in [-0.25, -0.2) is 4.39 Å². The zero-order chi connectivity index (χ0) is 15.1. The smallest absolute Gasteiger partial charge is 0.252 e. The number of nitrogens with zero attached hydrogens (tertiary/aromatic N) is 1. The number of rotatable bonds is 7. The molecule has 1 rings (SSSR count). The molecule has 0 atom stereocenters. The number of hydrogen-bond acceptors (Lipinski definition) is 4. The molecule has 0 saturated heterocycles. The third-order valence-corrected chi connectivity index (χ3v) is 3.20. The summed E-state index contributed by atoms with van der Waals surface area (Å²) >= 11 is 3.14. The van der Waals surface area contributed by atoms with Crippen molar-refractivity contribution >= 4 is 27.5 Å². The number of nitrogens with one attached hydrogen (secondary N) is 1. The van der Waals surface area contributed by atoms with Gasteiger partial charge >= 0.3 is 0 Å². The van der Waals surface area contributed by atoms with Crippen LogP contribution >= 0.6 is 15.9 Å². The average molecular weight is 348 g/mol. The van der Waals surface area contributed by atoms with Crippen molar-refractivity contribution in [2.24, 2.45) is 0 Å². The molecule has 0 saturated carbocycles. The van der Waals surface area contributed by atoms with E-state index in [0.29, 0.717) is 29.8 Å². The van der Waals surface area contributed by atoms with Crippen LogP contribution in [0.5, 0.6) is 0 Å². The fourth-order valence-corrected chi connectivity index (χ4v) is 1.92. The van der Waals surface area contributed by atoms with Gasteiger partial charge in [0.1, 0.15) is 5.82 Å². The number of ether oxygens (including phenoxy) is 1. The van der Waals surface area contributed by atoms with E-state index >= 15 is 0 Å². The number of nitrogen functional groups attached to an aromatic ring is 1. The first-order chi connectivity index (χ1) is 9.41. The largest absolute Gasteiger partial charge is 0.396 e. The van der Waals surface area contributed by atoms with Crippen LogP contribution in [0.15, 0.2) is 16.6 Å². The lowest BCUT2D eigenvalue weighted by molar-refractivity contribution is 0.0899. The van der Waals surface area contributed by atoms with Crippen molar-refractivity contribution in [2.75, 3.05) is 46.1 Å². The summed E-state index contributed by atoms with van der Waals surface area (Å²) in [6, 6.07) is 2.49. The summed E-state index contributed by atoms with van der Waals surface area (Å²) in [4.78, 5) is 13.9. The number of carbonyl (C=O) groups excluding carboxylic acids is 1. The maximum Gasteiger partial charge on any atom is 0.252 e. The maximum atomic E-state index is 13.2. The molecule has 7 heteroatoms. The van der Waals surface area contributed by atoms with E-state index in [4.69, 9.17) is 10.5 Å². The first kappa shape index (κ1) is 16.9. The van der Waals surface area contributed by atoms with Gasteiger partial charge in [0, 0.05) is 17.6 Å². The number of amides is 1. The second-order valence-corrected chi connectivity index (χ2v) is 5.38. The Hall–Kier alpha value is -1.18. The highest BCUT2D eigenvalue weighted by molar-refractivity contribution is 9.10. The van der Waals surface area contributed by atoms with E-state index in [0.717, 1.165) is 6.54 Å². The van der Waals surface area contributed by atoms with Crippen LogP contribution in [0.4, 0.5) is 10.1 Å². The van der Waals surface area contributed by atoms with Crippen molar-refractivity contribution in [3.05, 3.63) is 28.0 Å². The van der Waals surface area contributed by atoms with Gasteiger partial charge in [0.05, 0.1) is 24.5 Å². The van der Waals surface area contributed by atoms with Crippen molar-refractivity contribution in [3.8, 4) is 0 Å². The molecule has 0 bridgehead atoms. The predicted molar refractivity (Wildman–Crippen MR) is 80.2 cm³/mol. The molecule has 1 amide bonds. The Balaban J connectivity index is 2.38. The Morgan fingerprint density at radius 2 is 2.15 bits per heavy atom. The van der Waals surface area contributed by atoms with Gasteiger partial charge < -0.3 is 20.7 Å². The quantitative estimate of drug-likeness (QED) is 0.579. The van der Waals surface area contributed by atoms with Gasteiger partial charge in [0.15, 0.2) is 0 Å². The molecule has 112 valence electrons. The van der Waals surface area contributed by atoms with E-state index in [2.05, 4.69) is 21.2 Å². The monoisotopic (exact) mass is 347 g/mol. The third-order valence-electron chi connectivity index (χ3n) is 2.55. The highest BCUT2D eigenvalue weighted by atomic mass is 79.9. The van der Waals surface area contributed by atoms with Crippen LogP contribution in [0.3, 0.4) is 0 Å². The fraction of sp³-hybridized carbons (Fsp3) is 0.462. The molecule has 5 nitrogen and oxygen atoms in total. The topological polar surface area (TPSA) is 67.6 Å². The summed E-state index contributed by atoms with van der Waals surface area (Å²) < 4.78 is 18.9. The molecule has 0 radical (unpaired) electrons. The normalized spacial score (nSPS) is 10.8.